The molecule has 0 amide bonds. The van der Waals surface area contributed by atoms with E-state index in [9.17, 15) is 45.0 Å². The average molecular weight is 1110 g/mol. The van der Waals surface area contributed by atoms with Gasteiger partial charge in [0, 0.05) is 12.8 Å². The van der Waals surface area contributed by atoms with Gasteiger partial charge >= 0.3 is 17.9 Å². The van der Waals surface area contributed by atoms with E-state index >= 15 is 0 Å². The molecule has 0 unspecified atom stereocenters. The van der Waals surface area contributed by atoms with Gasteiger partial charge in [0.25, 0.3) is 0 Å². The van der Waals surface area contributed by atoms with Crippen LogP contribution in [0.4, 0.5) is 0 Å². The van der Waals surface area contributed by atoms with Crippen LogP contribution in [0.1, 0.15) is 209 Å². The molecule has 0 radical (unpaired) electrons. The van der Waals surface area contributed by atoms with E-state index in [-0.39, 0.29) is 18.9 Å². The molecule has 5 fully saturated rings. The molecule has 5 aliphatic heterocycles. The van der Waals surface area contributed by atoms with Gasteiger partial charge in [-0.15, -0.1) is 0 Å². The molecule has 0 aromatic carbocycles. The summed E-state index contributed by atoms with van der Waals surface area (Å²) in [5.41, 5.74) is 0. The number of carbonyl (C=O) groups excluding carboxylic acids is 3. The Balaban J connectivity index is 1.40. The Bertz CT molecular complexity index is 1690. The van der Waals surface area contributed by atoms with Crippen LogP contribution in [0.3, 0.4) is 0 Å². The molecule has 0 aromatic heterocycles. The lowest BCUT2D eigenvalue weighted by atomic mass is 9.95. The fourth-order valence-corrected chi connectivity index (χ4v) is 10.9. The summed E-state index contributed by atoms with van der Waals surface area (Å²) < 4.78 is 68.3. The van der Waals surface area contributed by atoms with Crippen LogP contribution < -0.4 is 0 Å². The van der Waals surface area contributed by atoms with E-state index in [1.807, 2.05) is 6.92 Å². The number of carbonyl (C=O) groups is 3. The molecule has 448 valence electrons. The van der Waals surface area contributed by atoms with Crippen molar-refractivity contribution < 1.29 is 97.1 Å². The summed E-state index contributed by atoms with van der Waals surface area (Å²) in [7, 11) is 0. The third kappa shape index (κ3) is 19.5. The van der Waals surface area contributed by atoms with Crippen LogP contribution in [-0.4, -0.2) is 177 Å². The monoisotopic (exact) mass is 1100 g/mol. The van der Waals surface area contributed by atoms with Gasteiger partial charge in [-0.3, -0.25) is 14.4 Å². The Kier molecular flexibility index (Phi) is 28.7. The van der Waals surface area contributed by atoms with E-state index in [2.05, 4.69) is 13.8 Å². The van der Waals surface area contributed by atoms with Crippen molar-refractivity contribution in [2.45, 2.75) is 338 Å². The van der Waals surface area contributed by atoms with E-state index in [0.29, 0.717) is 19.3 Å². The van der Waals surface area contributed by atoms with Gasteiger partial charge in [0.15, 0.2) is 43.5 Å². The van der Waals surface area contributed by atoms with Crippen molar-refractivity contribution in [3.8, 4) is 0 Å². The molecule has 22 atom stereocenters. The summed E-state index contributed by atoms with van der Waals surface area (Å²) >= 11 is 0. The summed E-state index contributed by atoms with van der Waals surface area (Å²) in [6, 6.07) is 0. The number of hydrogen-bond acceptors (Lipinski definition) is 20. The Morgan fingerprint density at radius 3 is 1.77 bits per heavy atom. The first-order chi connectivity index (χ1) is 36.9. The second-order valence-electron chi connectivity index (χ2n) is 22.5. The topological polar surface area (TPSA) is 274 Å². The summed E-state index contributed by atoms with van der Waals surface area (Å²) in [4.78, 5) is 40.2. The van der Waals surface area contributed by atoms with Gasteiger partial charge in [0.2, 0.25) is 0 Å². The molecule has 20 heteroatoms. The number of rotatable bonds is 22. The predicted molar refractivity (Wildman–Crippen MR) is 280 cm³/mol. The quantitative estimate of drug-likeness (QED) is 0.0385. The first kappa shape index (κ1) is 65.7. The fraction of sp³-hybridized carbons (Fsp3) is 0.947. The maximum Gasteiger partial charge on any atom is 0.309 e. The lowest BCUT2D eigenvalue weighted by Crippen LogP contribution is -2.67. The number of aliphatic hydroxyl groups is 6. The van der Waals surface area contributed by atoms with Gasteiger partial charge in [-0.25, -0.2) is 0 Å². The van der Waals surface area contributed by atoms with Crippen molar-refractivity contribution in [3.63, 3.8) is 0 Å². The van der Waals surface area contributed by atoms with Crippen molar-refractivity contribution in [1.29, 1.82) is 0 Å². The summed E-state index contributed by atoms with van der Waals surface area (Å²) in [6.45, 7) is 14.1. The Morgan fingerprint density at radius 1 is 0.519 bits per heavy atom. The Labute approximate surface area is 458 Å². The second kappa shape index (κ2) is 33.7. The molecule has 0 aromatic rings. The minimum absolute atomic E-state index is 0.00703. The maximum absolute atomic E-state index is 13.8. The molecule has 77 heavy (non-hydrogen) atoms. The van der Waals surface area contributed by atoms with Gasteiger partial charge < -0.3 is 82.7 Å². The highest BCUT2D eigenvalue weighted by Gasteiger charge is 2.56. The third-order valence-corrected chi connectivity index (χ3v) is 16.1. The van der Waals surface area contributed by atoms with E-state index in [4.69, 9.17) is 52.1 Å². The molecule has 5 aliphatic rings. The third-order valence-electron chi connectivity index (χ3n) is 16.1. The van der Waals surface area contributed by atoms with Crippen molar-refractivity contribution in [1.82, 2.24) is 0 Å². The summed E-state index contributed by atoms with van der Waals surface area (Å²) in [5.74, 6) is -2.34. The zero-order chi connectivity index (χ0) is 56.2. The van der Waals surface area contributed by atoms with Gasteiger partial charge in [-0.1, -0.05) is 137 Å². The number of esters is 3. The Hall–Kier alpha value is -2.15. The molecule has 20 nitrogen and oxygen atoms in total. The zero-order valence-electron chi connectivity index (χ0n) is 47.6. The summed E-state index contributed by atoms with van der Waals surface area (Å²) in [6.07, 6.45) is -8.12. The smallest absolute Gasteiger partial charge is 0.309 e. The lowest BCUT2D eigenvalue weighted by molar-refractivity contribution is -0.387. The fourth-order valence-electron chi connectivity index (χ4n) is 10.9. The molecule has 5 rings (SSSR count). The normalized spacial score (nSPS) is 39.5. The van der Waals surface area contributed by atoms with Crippen LogP contribution in [0.2, 0.25) is 0 Å². The first-order valence-electron chi connectivity index (χ1n) is 29.8. The summed E-state index contributed by atoms with van der Waals surface area (Å²) in [5, 5.41) is 69.6. The van der Waals surface area contributed by atoms with Gasteiger partial charge in [-0.05, 0) is 59.8 Å². The van der Waals surface area contributed by atoms with Crippen LogP contribution in [0.15, 0.2) is 0 Å². The SMILES string of the molecule is CCCCCCCCCCCC(=O)O[C@H]1[C@H](O[C@@H]2[C@H]3OC(=O)CCCCCCCCC[C@H](CCCCC)O[C@@H]4O[C@H](C)[C@H](O)[C@H](O)[C@H]4O[C@H](O[C@H]2C)[C@@H]3O)O[C@@H](C)[C@H](O[C@@H]2O[C@@H](C)[C@H](OC(=O)[C@@H](C)CC)[C@@H](O)[C@H]2O)[C@H]1O. The highest BCUT2D eigenvalue weighted by atomic mass is 16.8. The minimum Gasteiger partial charge on any atom is -0.457 e. The number of hydrogen-bond donors (Lipinski definition) is 6. The molecule has 5 heterocycles. The van der Waals surface area contributed by atoms with Crippen LogP contribution in [0.25, 0.3) is 0 Å². The van der Waals surface area contributed by atoms with Gasteiger partial charge in [-0.2, -0.15) is 0 Å². The largest absolute Gasteiger partial charge is 0.457 e. The first-order valence-corrected chi connectivity index (χ1v) is 29.8. The van der Waals surface area contributed by atoms with Crippen LogP contribution >= 0.6 is 0 Å². The molecule has 0 spiro atoms. The molecular weight excluding hydrogens is 1000 g/mol. The molecule has 2 bridgehead atoms. The minimum atomic E-state index is -1.78. The number of aliphatic hydroxyl groups excluding tert-OH is 6. The number of fused-ring (bicyclic) bond motifs is 3. The molecular formula is C57H100O20. The van der Waals surface area contributed by atoms with E-state index in [0.717, 1.165) is 103 Å². The van der Waals surface area contributed by atoms with Crippen LogP contribution in [0, 0.1) is 5.92 Å². The van der Waals surface area contributed by atoms with Crippen molar-refractivity contribution in [2.75, 3.05) is 0 Å². The highest BCUT2D eigenvalue weighted by molar-refractivity contribution is 5.72. The van der Waals surface area contributed by atoms with Crippen molar-refractivity contribution in [2.24, 2.45) is 5.92 Å². The molecule has 6 N–H and O–H groups in total. The second-order valence-corrected chi connectivity index (χ2v) is 22.5. The van der Waals surface area contributed by atoms with Crippen molar-refractivity contribution in [3.05, 3.63) is 0 Å². The maximum atomic E-state index is 13.8. The van der Waals surface area contributed by atoms with Gasteiger partial charge in [0.1, 0.15) is 54.9 Å². The lowest BCUT2D eigenvalue weighted by Gasteiger charge is -2.49. The van der Waals surface area contributed by atoms with Crippen LogP contribution in [0.5, 0.6) is 0 Å². The average Bonchev–Trinajstić information content (AvgIpc) is 3.41. The number of unbranched alkanes of at least 4 members (excludes halogenated alkanes) is 10. The van der Waals surface area contributed by atoms with Crippen LogP contribution in [-0.2, 0) is 66.5 Å². The molecule has 0 aliphatic carbocycles. The van der Waals surface area contributed by atoms with Gasteiger partial charge in [0.05, 0.1) is 36.4 Å². The van der Waals surface area contributed by atoms with E-state index < -0.39 is 147 Å². The zero-order valence-corrected chi connectivity index (χ0v) is 47.6. The standard InChI is InChI=1S/C57H100O20/c1-9-12-14-15-16-17-20-23-28-32-40(59)73-52-45(64)48(75-54-44(63)43(62)47(35(6)68-54)74-53(66)33(4)11-3)36(7)70-57(52)76-49-37(8)69-55-46(65)50(49)72-39(58)31-27-24-21-18-19-22-26-30-38(29-25-13-10-2)71-56-51(77-55)42(61)41(60)34(5)67-56/h33-38,41-52,54-57,60-65H,9-32H2,1-8H3/t33-,34+,35-,36-,37-,38-,41-,42-,43-,44+,45+,46+,47-,48-,49-,50-,51+,52+,54-,55-,56-,57-/m0/s1. The van der Waals surface area contributed by atoms with Crippen molar-refractivity contribution >= 4 is 17.9 Å². The van der Waals surface area contributed by atoms with E-state index in [1.54, 1.807) is 34.6 Å². The van der Waals surface area contributed by atoms with E-state index in [1.165, 1.54) is 19.3 Å². The highest BCUT2D eigenvalue weighted by Crippen LogP contribution is 2.37. The molecule has 5 saturated heterocycles. The Morgan fingerprint density at radius 2 is 1.09 bits per heavy atom. The molecule has 0 saturated carbocycles. The predicted octanol–water partition coefficient (Wildman–Crippen LogP) is 6.48. The number of ether oxygens (including phenoxy) is 11.